The lowest BCUT2D eigenvalue weighted by atomic mass is 10.0. The molecule has 1 aromatic rings. The summed E-state index contributed by atoms with van der Waals surface area (Å²) in [5.41, 5.74) is 1.26. The smallest absolute Gasteiger partial charge is 0.137 e. The highest BCUT2D eigenvalue weighted by atomic mass is 16.5. The van der Waals surface area contributed by atoms with Crippen molar-refractivity contribution in [3.63, 3.8) is 0 Å². The van der Waals surface area contributed by atoms with Crippen LogP contribution in [0.1, 0.15) is 37.8 Å². The Kier molecular flexibility index (Phi) is 3.78. The molecule has 0 bridgehead atoms. The monoisotopic (exact) mass is 220 g/mol. The molecule has 3 heteroatoms. The number of nitrogens with one attached hydrogen (secondary N) is 1. The van der Waals surface area contributed by atoms with Gasteiger partial charge in [-0.05, 0) is 43.4 Å². The normalized spacial score (nSPS) is 17.1. The highest BCUT2D eigenvalue weighted by molar-refractivity contribution is 5.27. The van der Waals surface area contributed by atoms with Gasteiger partial charge in [-0.1, -0.05) is 6.92 Å². The highest BCUT2D eigenvalue weighted by Crippen LogP contribution is 2.41. The molecule has 1 aliphatic rings. The molecule has 0 amide bonds. The molecule has 3 nitrogen and oxygen atoms in total. The minimum atomic E-state index is 0.461. The maximum Gasteiger partial charge on any atom is 0.137 e. The SMILES string of the molecule is CCCNC(c1cncc(OC)c1)C1CC1. The predicted molar refractivity (Wildman–Crippen MR) is 64.5 cm³/mol. The average Bonchev–Trinajstić information content (AvgIpc) is 3.14. The molecule has 0 aliphatic heterocycles. The fourth-order valence-corrected chi connectivity index (χ4v) is 2.00. The first-order valence-electron chi connectivity index (χ1n) is 6.07. The molecule has 1 fully saturated rings. The van der Waals surface area contributed by atoms with E-state index in [1.54, 1.807) is 13.3 Å². The van der Waals surface area contributed by atoms with Crippen LogP contribution in [0, 0.1) is 5.92 Å². The van der Waals surface area contributed by atoms with Crippen LogP contribution < -0.4 is 10.1 Å². The summed E-state index contributed by atoms with van der Waals surface area (Å²) in [5.74, 6) is 1.64. The first-order chi connectivity index (χ1) is 7.85. The van der Waals surface area contributed by atoms with Crippen molar-refractivity contribution in [1.29, 1.82) is 0 Å². The van der Waals surface area contributed by atoms with Crippen LogP contribution in [-0.2, 0) is 0 Å². The van der Waals surface area contributed by atoms with Crippen LogP contribution in [0.15, 0.2) is 18.5 Å². The molecule has 0 saturated heterocycles. The van der Waals surface area contributed by atoms with E-state index in [4.69, 9.17) is 4.74 Å². The van der Waals surface area contributed by atoms with Gasteiger partial charge in [0, 0.05) is 12.2 Å². The van der Waals surface area contributed by atoms with Gasteiger partial charge in [0.25, 0.3) is 0 Å². The molecule has 0 radical (unpaired) electrons. The van der Waals surface area contributed by atoms with E-state index in [-0.39, 0.29) is 0 Å². The minimum absolute atomic E-state index is 0.461. The van der Waals surface area contributed by atoms with Crippen molar-refractivity contribution in [2.45, 2.75) is 32.2 Å². The van der Waals surface area contributed by atoms with E-state index in [0.29, 0.717) is 6.04 Å². The van der Waals surface area contributed by atoms with Crippen molar-refractivity contribution >= 4 is 0 Å². The number of hydrogen-bond donors (Lipinski definition) is 1. The molecule has 1 aliphatic carbocycles. The molecule has 0 aromatic carbocycles. The summed E-state index contributed by atoms with van der Waals surface area (Å²) in [6, 6.07) is 2.56. The van der Waals surface area contributed by atoms with E-state index in [9.17, 15) is 0 Å². The molecule has 2 rings (SSSR count). The molecular weight excluding hydrogens is 200 g/mol. The van der Waals surface area contributed by atoms with Gasteiger partial charge in [0.05, 0.1) is 13.3 Å². The zero-order valence-corrected chi connectivity index (χ0v) is 10.1. The van der Waals surface area contributed by atoms with Gasteiger partial charge in [-0.25, -0.2) is 0 Å². The lowest BCUT2D eigenvalue weighted by Crippen LogP contribution is -2.23. The second kappa shape index (κ2) is 5.30. The topological polar surface area (TPSA) is 34.2 Å². The van der Waals surface area contributed by atoms with Crippen LogP contribution in [0.4, 0.5) is 0 Å². The van der Waals surface area contributed by atoms with E-state index in [1.165, 1.54) is 24.8 Å². The van der Waals surface area contributed by atoms with Crippen molar-refractivity contribution in [3.8, 4) is 5.75 Å². The van der Waals surface area contributed by atoms with Gasteiger partial charge in [0.1, 0.15) is 5.75 Å². The van der Waals surface area contributed by atoms with Gasteiger partial charge in [-0.3, -0.25) is 4.98 Å². The number of ether oxygens (including phenoxy) is 1. The van der Waals surface area contributed by atoms with Crippen molar-refractivity contribution in [1.82, 2.24) is 10.3 Å². The van der Waals surface area contributed by atoms with Gasteiger partial charge in [0.2, 0.25) is 0 Å². The van der Waals surface area contributed by atoms with E-state index < -0.39 is 0 Å². The standard InChI is InChI=1S/C13H20N2O/c1-3-6-15-13(10-4-5-10)11-7-12(16-2)9-14-8-11/h7-10,13,15H,3-6H2,1-2H3. The summed E-state index contributed by atoms with van der Waals surface area (Å²) in [6.45, 7) is 3.26. The van der Waals surface area contributed by atoms with Crippen LogP contribution in [-0.4, -0.2) is 18.6 Å². The third-order valence-electron chi connectivity index (χ3n) is 3.04. The molecule has 1 aromatic heterocycles. The Bertz CT molecular complexity index is 336. The zero-order valence-electron chi connectivity index (χ0n) is 10.1. The second-order valence-corrected chi connectivity index (χ2v) is 4.43. The number of aromatic nitrogens is 1. The number of pyridine rings is 1. The van der Waals surface area contributed by atoms with E-state index in [0.717, 1.165) is 18.2 Å². The summed E-state index contributed by atoms with van der Waals surface area (Å²) >= 11 is 0. The Hall–Kier alpha value is -1.09. The first kappa shape index (κ1) is 11.4. The molecule has 88 valence electrons. The quantitative estimate of drug-likeness (QED) is 0.800. The molecular formula is C13H20N2O. The average molecular weight is 220 g/mol. The maximum absolute atomic E-state index is 5.22. The molecule has 1 unspecified atom stereocenters. The van der Waals surface area contributed by atoms with Crippen LogP contribution in [0.5, 0.6) is 5.75 Å². The van der Waals surface area contributed by atoms with E-state index in [1.807, 2.05) is 6.20 Å². The lowest BCUT2D eigenvalue weighted by Gasteiger charge is -2.18. The Morgan fingerprint density at radius 1 is 1.50 bits per heavy atom. The van der Waals surface area contributed by atoms with E-state index >= 15 is 0 Å². The molecule has 1 N–H and O–H groups in total. The molecule has 16 heavy (non-hydrogen) atoms. The van der Waals surface area contributed by atoms with Crippen molar-refractivity contribution in [3.05, 3.63) is 24.0 Å². The lowest BCUT2D eigenvalue weighted by molar-refractivity contribution is 0.409. The first-order valence-corrected chi connectivity index (χ1v) is 6.07. The predicted octanol–water partition coefficient (Wildman–Crippen LogP) is 2.54. The Morgan fingerprint density at radius 3 is 2.94 bits per heavy atom. The number of hydrogen-bond acceptors (Lipinski definition) is 3. The summed E-state index contributed by atoms with van der Waals surface area (Å²) in [5, 5.41) is 3.60. The Morgan fingerprint density at radius 2 is 2.31 bits per heavy atom. The zero-order chi connectivity index (χ0) is 11.4. The van der Waals surface area contributed by atoms with Crippen molar-refractivity contribution in [2.24, 2.45) is 5.92 Å². The number of nitrogens with zero attached hydrogens (tertiary/aromatic N) is 1. The second-order valence-electron chi connectivity index (χ2n) is 4.43. The van der Waals surface area contributed by atoms with Gasteiger partial charge in [-0.2, -0.15) is 0 Å². The summed E-state index contributed by atoms with van der Waals surface area (Å²) < 4.78 is 5.22. The molecule has 1 heterocycles. The maximum atomic E-state index is 5.22. The summed E-state index contributed by atoms with van der Waals surface area (Å²) in [7, 11) is 1.69. The van der Waals surface area contributed by atoms with Gasteiger partial charge >= 0.3 is 0 Å². The van der Waals surface area contributed by atoms with E-state index in [2.05, 4.69) is 23.3 Å². The fraction of sp³-hybridized carbons (Fsp3) is 0.615. The summed E-state index contributed by atoms with van der Waals surface area (Å²) in [6.07, 6.45) is 7.54. The van der Waals surface area contributed by atoms with Gasteiger partial charge < -0.3 is 10.1 Å². The largest absolute Gasteiger partial charge is 0.495 e. The highest BCUT2D eigenvalue weighted by Gasteiger charge is 2.32. The number of rotatable bonds is 6. The van der Waals surface area contributed by atoms with Crippen LogP contribution in [0.3, 0.4) is 0 Å². The van der Waals surface area contributed by atoms with Crippen LogP contribution in [0.25, 0.3) is 0 Å². The fourth-order valence-electron chi connectivity index (χ4n) is 2.00. The third kappa shape index (κ3) is 2.73. The van der Waals surface area contributed by atoms with Gasteiger partial charge in [0.15, 0.2) is 0 Å². The van der Waals surface area contributed by atoms with Gasteiger partial charge in [-0.15, -0.1) is 0 Å². The van der Waals surface area contributed by atoms with Crippen molar-refractivity contribution in [2.75, 3.05) is 13.7 Å². The molecule has 1 saturated carbocycles. The third-order valence-corrected chi connectivity index (χ3v) is 3.04. The molecule has 1 atom stereocenters. The Labute approximate surface area is 97.2 Å². The van der Waals surface area contributed by atoms with Crippen molar-refractivity contribution < 1.29 is 4.74 Å². The molecule has 0 spiro atoms. The minimum Gasteiger partial charge on any atom is -0.495 e. The summed E-state index contributed by atoms with van der Waals surface area (Å²) in [4.78, 5) is 4.23. The number of methoxy groups -OCH3 is 1. The van der Waals surface area contributed by atoms with Crippen LogP contribution >= 0.6 is 0 Å². The Balaban J connectivity index is 2.10. The van der Waals surface area contributed by atoms with Crippen LogP contribution in [0.2, 0.25) is 0 Å².